The number of hydrogen-bond acceptors (Lipinski definition) is 4. The summed E-state index contributed by atoms with van der Waals surface area (Å²) >= 11 is 0. The maximum Gasteiger partial charge on any atom is 0.243 e. The van der Waals surface area contributed by atoms with E-state index in [1.54, 1.807) is 6.08 Å². The molecule has 5 nitrogen and oxygen atoms in total. The van der Waals surface area contributed by atoms with E-state index >= 15 is 0 Å². The van der Waals surface area contributed by atoms with Crippen LogP contribution in [-0.2, 0) is 4.79 Å². The standard InChI is InChI=1S/C20H24N2O3/c1-3-12-24-17-9-7-8-16(14-17)22-20(23)15-21-18-10-5-6-11-19(18)25-13-4-2/h4-11,14,21H,2-3,12-13,15H2,1H3,(H,22,23). The predicted molar refractivity (Wildman–Crippen MR) is 101 cm³/mol. The number of rotatable bonds is 10. The van der Waals surface area contributed by atoms with Crippen molar-refractivity contribution in [2.45, 2.75) is 13.3 Å². The van der Waals surface area contributed by atoms with Crippen LogP contribution in [0.15, 0.2) is 61.2 Å². The molecule has 1 amide bonds. The van der Waals surface area contributed by atoms with Gasteiger partial charge in [0.2, 0.25) is 5.91 Å². The highest BCUT2D eigenvalue weighted by molar-refractivity contribution is 5.94. The van der Waals surface area contributed by atoms with Crippen LogP contribution in [-0.4, -0.2) is 25.7 Å². The molecule has 0 atom stereocenters. The molecule has 2 aromatic rings. The smallest absolute Gasteiger partial charge is 0.243 e. The van der Waals surface area contributed by atoms with Crippen molar-refractivity contribution in [3.63, 3.8) is 0 Å². The molecule has 0 aromatic heterocycles. The summed E-state index contributed by atoms with van der Waals surface area (Å²) in [7, 11) is 0. The normalized spacial score (nSPS) is 9.96. The van der Waals surface area contributed by atoms with E-state index in [9.17, 15) is 4.79 Å². The summed E-state index contributed by atoms with van der Waals surface area (Å²) in [5, 5.41) is 5.94. The zero-order valence-corrected chi connectivity index (χ0v) is 14.5. The van der Waals surface area contributed by atoms with Crippen LogP contribution < -0.4 is 20.1 Å². The van der Waals surface area contributed by atoms with E-state index in [1.165, 1.54) is 0 Å². The van der Waals surface area contributed by atoms with E-state index in [1.807, 2.05) is 55.5 Å². The molecule has 2 aromatic carbocycles. The molecule has 0 aliphatic rings. The van der Waals surface area contributed by atoms with Crippen molar-refractivity contribution >= 4 is 17.3 Å². The molecule has 5 heteroatoms. The molecule has 0 bridgehead atoms. The van der Waals surface area contributed by atoms with Gasteiger partial charge < -0.3 is 20.1 Å². The molecule has 25 heavy (non-hydrogen) atoms. The van der Waals surface area contributed by atoms with Crippen LogP contribution in [0.2, 0.25) is 0 Å². The minimum absolute atomic E-state index is 0.133. The van der Waals surface area contributed by atoms with Crippen molar-refractivity contribution in [1.29, 1.82) is 0 Å². The van der Waals surface area contributed by atoms with E-state index in [-0.39, 0.29) is 12.5 Å². The van der Waals surface area contributed by atoms with E-state index in [0.717, 1.165) is 17.9 Å². The van der Waals surface area contributed by atoms with Crippen molar-refractivity contribution in [2.24, 2.45) is 0 Å². The summed E-state index contributed by atoms with van der Waals surface area (Å²) in [6, 6.07) is 14.8. The molecule has 0 fully saturated rings. The van der Waals surface area contributed by atoms with Gasteiger partial charge in [-0.1, -0.05) is 37.8 Å². The molecule has 0 aliphatic carbocycles. The molecular formula is C20H24N2O3. The van der Waals surface area contributed by atoms with Crippen LogP contribution in [0.5, 0.6) is 11.5 Å². The molecule has 0 spiro atoms. The van der Waals surface area contributed by atoms with Gasteiger partial charge in [0.1, 0.15) is 18.1 Å². The zero-order chi connectivity index (χ0) is 17.9. The second-order valence-electron chi connectivity index (χ2n) is 5.37. The first-order valence-corrected chi connectivity index (χ1v) is 8.32. The molecule has 0 heterocycles. The minimum Gasteiger partial charge on any atom is -0.494 e. The third-order valence-electron chi connectivity index (χ3n) is 3.27. The van der Waals surface area contributed by atoms with Crippen LogP contribution in [0.1, 0.15) is 13.3 Å². The van der Waals surface area contributed by atoms with Gasteiger partial charge in [-0.2, -0.15) is 0 Å². The maximum absolute atomic E-state index is 12.2. The number of ether oxygens (including phenoxy) is 2. The van der Waals surface area contributed by atoms with E-state index < -0.39 is 0 Å². The van der Waals surface area contributed by atoms with E-state index in [2.05, 4.69) is 17.2 Å². The SMILES string of the molecule is C=CCOc1ccccc1NCC(=O)Nc1cccc(OCCC)c1. The van der Waals surface area contributed by atoms with Gasteiger partial charge in [-0.15, -0.1) is 0 Å². The molecule has 0 radical (unpaired) electrons. The number of nitrogens with one attached hydrogen (secondary N) is 2. The van der Waals surface area contributed by atoms with Crippen molar-refractivity contribution in [3.05, 3.63) is 61.2 Å². The molecule has 0 unspecified atom stereocenters. The van der Waals surface area contributed by atoms with Crippen LogP contribution in [0.25, 0.3) is 0 Å². The van der Waals surface area contributed by atoms with Gasteiger partial charge in [0.15, 0.2) is 0 Å². The Morgan fingerprint density at radius 2 is 2.00 bits per heavy atom. The second-order valence-corrected chi connectivity index (χ2v) is 5.37. The molecule has 2 rings (SSSR count). The highest BCUT2D eigenvalue weighted by atomic mass is 16.5. The van der Waals surface area contributed by atoms with E-state index in [4.69, 9.17) is 9.47 Å². The summed E-state index contributed by atoms with van der Waals surface area (Å²) in [5.41, 5.74) is 1.47. The van der Waals surface area contributed by atoms with Crippen LogP contribution in [0, 0.1) is 0 Å². The van der Waals surface area contributed by atoms with Crippen molar-refractivity contribution < 1.29 is 14.3 Å². The third kappa shape index (κ3) is 6.22. The Labute approximate surface area is 148 Å². The lowest BCUT2D eigenvalue weighted by Crippen LogP contribution is -2.22. The monoisotopic (exact) mass is 340 g/mol. The molecule has 0 saturated carbocycles. The number of para-hydroxylation sites is 2. The van der Waals surface area contributed by atoms with Crippen LogP contribution in [0.4, 0.5) is 11.4 Å². The van der Waals surface area contributed by atoms with Crippen molar-refractivity contribution in [1.82, 2.24) is 0 Å². The third-order valence-corrected chi connectivity index (χ3v) is 3.27. The fraction of sp³-hybridized carbons (Fsp3) is 0.250. The lowest BCUT2D eigenvalue weighted by Gasteiger charge is -2.12. The van der Waals surface area contributed by atoms with Gasteiger partial charge in [0.25, 0.3) is 0 Å². The second kappa shape index (κ2) is 10.0. The van der Waals surface area contributed by atoms with Gasteiger partial charge >= 0.3 is 0 Å². The Balaban J connectivity index is 1.90. The topological polar surface area (TPSA) is 59.6 Å². The zero-order valence-electron chi connectivity index (χ0n) is 14.5. The first kappa shape index (κ1) is 18.4. The maximum atomic E-state index is 12.2. The predicted octanol–water partition coefficient (Wildman–Crippen LogP) is 4.09. The van der Waals surface area contributed by atoms with Gasteiger partial charge in [-0.3, -0.25) is 4.79 Å². The minimum atomic E-state index is -0.147. The average molecular weight is 340 g/mol. The van der Waals surface area contributed by atoms with E-state index in [0.29, 0.717) is 24.7 Å². The first-order chi connectivity index (χ1) is 12.2. The summed E-state index contributed by atoms with van der Waals surface area (Å²) in [4.78, 5) is 12.2. The Hall–Kier alpha value is -2.95. The Kier molecular flexibility index (Phi) is 7.38. The van der Waals surface area contributed by atoms with Crippen molar-refractivity contribution in [3.8, 4) is 11.5 Å². The molecule has 2 N–H and O–H groups in total. The molecular weight excluding hydrogens is 316 g/mol. The van der Waals surface area contributed by atoms with Crippen LogP contribution in [0.3, 0.4) is 0 Å². The highest BCUT2D eigenvalue weighted by Crippen LogP contribution is 2.23. The van der Waals surface area contributed by atoms with Crippen LogP contribution >= 0.6 is 0 Å². The van der Waals surface area contributed by atoms with Crippen molar-refractivity contribution in [2.75, 3.05) is 30.4 Å². The highest BCUT2D eigenvalue weighted by Gasteiger charge is 2.06. The average Bonchev–Trinajstić information content (AvgIpc) is 2.64. The molecule has 132 valence electrons. The molecule has 0 aliphatic heterocycles. The Morgan fingerprint density at radius 1 is 1.16 bits per heavy atom. The summed E-state index contributed by atoms with van der Waals surface area (Å²) < 4.78 is 11.1. The van der Waals surface area contributed by atoms with Gasteiger partial charge in [0.05, 0.1) is 18.8 Å². The Morgan fingerprint density at radius 3 is 2.80 bits per heavy atom. The number of carbonyl (C=O) groups is 1. The van der Waals surface area contributed by atoms with Gasteiger partial charge in [-0.25, -0.2) is 0 Å². The Bertz CT molecular complexity index is 701. The number of anilines is 2. The summed E-state index contributed by atoms with van der Waals surface area (Å²) in [6.07, 6.45) is 2.62. The summed E-state index contributed by atoms with van der Waals surface area (Å²) in [5.74, 6) is 1.28. The largest absolute Gasteiger partial charge is 0.494 e. The lowest BCUT2D eigenvalue weighted by molar-refractivity contribution is -0.114. The first-order valence-electron chi connectivity index (χ1n) is 8.32. The fourth-order valence-corrected chi connectivity index (χ4v) is 2.15. The molecule has 0 saturated heterocycles. The number of carbonyl (C=O) groups excluding carboxylic acids is 1. The number of benzene rings is 2. The lowest BCUT2D eigenvalue weighted by atomic mass is 10.3. The summed E-state index contributed by atoms with van der Waals surface area (Å²) in [6.45, 7) is 6.88. The quantitative estimate of drug-likeness (QED) is 0.640. The van der Waals surface area contributed by atoms with Gasteiger partial charge in [-0.05, 0) is 30.7 Å². The number of amides is 1. The number of hydrogen-bond donors (Lipinski definition) is 2. The van der Waals surface area contributed by atoms with Gasteiger partial charge in [0, 0.05) is 11.8 Å². The fourth-order valence-electron chi connectivity index (χ4n) is 2.15.